The first-order chi connectivity index (χ1) is 8.89. The third-order valence-corrected chi connectivity index (χ3v) is 3.59. The molecule has 0 aliphatic heterocycles. The average Bonchev–Trinajstić information content (AvgIpc) is 2.28. The summed E-state index contributed by atoms with van der Waals surface area (Å²) >= 11 is 5.48. The molecular weight excluding hydrogens is 304 g/mol. The van der Waals surface area contributed by atoms with E-state index in [-0.39, 0.29) is 17.8 Å². The SMILES string of the molecule is COC(C)(C)CCCl.COC(C)(C)CCOS(C)(=O)=O. The van der Waals surface area contributed by atoms with E-state index >= 15 is 0 Å². The summed E-state index contributed by atoms with van der Waals surface area (Å²) in [7, 11) is -0.0256. The van der Waals surface area contributed by atoms with Crippen molar-refractivity contribution in [2.45, 2.75) is 51.7 Å². The molecule has 0 aromatic rings. The minimum absolute atomic E-state index is 0.0399. The van der Waals surface area contributed by atoms with Crippen molar-refractivity contribution in [1.29, 1.82) is 0 Å². The summed E-state index contributed by atoms with van der Waals surface area (Å²) in [6, 6.07) is 0. The summed E-state index contributed by atoms with van der Waals surface area (Å²) in [5.74, 6) is 0.668. The topological polar surface area (TPSA) is 61.8 Å². The maximum Gasteiger partial charge on any atom is 0.264 e. The predicted octanol–water partition coefficient (Wildman–Crippen LogP) is 2.82. The van der Waals surface area contributed by atoms with E-state index < -0.39 is 10.1 Å². The molecule has 0 heterocycles. The molecule has 0 spiro atoms. The van der Waals surface area contributed by atoms with Gasteiger partial charge in [-0.3, -0.25) is 4.18 Å². The lowest BCUT2D eigenvalue weighted by Gasteiger charge is -2.21. The van der Waals surface area contributed by atoms with Crippen LogP contribution in [-0.2, 0) is 23.8 Å². The van der Waals surface area contributed by atoms with Gasteiger partial charge < -0.3 is 9.47 Å². The molecule has 0 bridgehead atoms. The zero-order valence-corrected chi connectivity index (χ0v) is 15.2. The third-order valence-electron chi connectivity index (χ3n) is 2.80. The van der Waals surface area contributed by atoms with Gasteiger partial charge >= 0.3 is 0 Å². The van der Waals surface area contributed by atoms with Gasteiger partial charge in [0.25, 0.3) is 10.1 Å². The summed E-state index contributed by atoms with van der Waals surface area (Å²) < 4.78 is 35.8. The van der Waals surface area contributed by atoms with Gasteiger partial charge in [-0.1, -0.05) is 0 Å². The number of methoxy groups -OCH3 is 2. The van der Waals surface area contributed by atoms with Crippen LogP contribution in [0.1, 0.15) is 40.5 Å². The van der Waals surface area contributed by atoms with E-state index in [1.54, 1.807) is 14.2 Å². The van der Waals surface area contributed by atoms with Crippen LogP contribution >= 0.6 is 11.6 Å². The normalized spacial score (nSPS) is 12.8. The molecule has 0 aromatic carbocycles. The highest BCUT2D eigenvalue weighted by Crippen LogP contribution is 2.13. The molecule has 0 aliphatic carbocycles. The van der Waals surface area contributed by atoms with Crippen molar-refractivity contribution >= 4 is 21.7 Å². The molecule has 0 atom stereocenters. The van der Waals surface area contributed by atoms with Gasteiger partial charge in [-0.2, -0.15) is 8.42 Å². The van der Waals surface area contributed by atoms with Gasteiger partial charge in [-0.05, 0) is 34.1 Å². The van der Waals surface area contributed by atoms with Crippen molar-refractivity contribution in [2.75, 3.05) is 33.0 Å². The monoisotopic (exact) mass is 332 g/mol. The second-order valence-electron chi connectivity index (χ2n) is 5.64. The number of rotatable bonds is 8. The smallest absolute Gasteiger partial charge is 0.264 e. The molecule has 0 fully saturated rings. The standard InChI is InChI=1S/C7H16O4S.C6H13ClO/c1-7(2,10-3)5-6-11-12(4,8)9;1-6(2,8-3)4-5-7/h5-6H2,1-4H3;4-5H2,1-3H3. The van der Waals surface area contributed by atoms with Crippen LogP contribution in [0.2, 0.25) is 0 Å². The molecule has 5 nitrogen and oxygen atoms in total. The van der Waals surface area contributed by atoms with Crippen LogP contribution < -0.4 is 0 Å². The second kappa shape index (κ2) is 9.95. The first-order valence-electron chi connectivity index (χ1n) is 6.40. The number of ether oxygens (including phenoxy) is 2. The highest BCUT2D eigenvalue weighted by atomic mass is 35.5. The van der Waals surface area contributed by atoms with E-state index in [2.05, 4.69) is 4.18 Å². The van der Waals surface area contributed by atoms with E-state index in [1.807, 2.05) is 27.7 Å². The molecule has 0 N–H and O–H groups in total. The number of halogens is 1. The van der Waals surface area contributed by atoms with Crippen LogP contribution in [0.3, 0.4) is 0 Å². The number of alkyl halides is 1. The van der Waals surface area contributed by atoms with Crippen molar-refractivity contribution in [3.63, 3.8) is 0 Å². The van der Waals surface area contributed by atoms with Crippen molar-refractivity contribution < 1.29 is 22.1 Å². The number of hydrogen-bond acceptors (Lipinski definition) is 5. The molecule has 0 saturated heterocycles. The molecule has 0 unspecified atom stereocenters. The first kappa shape index (κ1) is 22.4. The molecular formula is C13H29ClO5S. The number of hydrogen-bond donors (Lipinski definition) is 0. The molecule has 0 saturated carbocycles. The average molecular weight is 333 g/mol. The molecule has 0 radical (unpaired) electrons. The molecule has 0 rings (SSSR count). The van der Waals surface area contributed by atoms with Crippen LogP contribution in [0.4, 0.5) is 0 Å². The Balaban J connectivity index is 0. The summed E-state index contributed by atoms with van der Waals surface area (Å²) in [5.41, 5.74) is -0.369. The Hall–Kier alpha value is 0.120. The zero-order chi connectivity index (χ0) is 16.4. The molecule has 0 amide bonds. The molecule has 0 aromatic heterocycles. The Kier molecular flexibility index (Phi) is 11.1. The summed E-state index contributed by atoms with van der Waals surface area (Å²) in [5, 5.41) is 0. The van der Waals surface area contributed by atoms with Gasteiger partial charge in [0, 0.05) is 26.5 Å². The highest BCUT2D eigenvalue weighted by Gasteiger charge is 2.17. The van der Waals surface area contributed by atoms with Gasteiger partial charge in [0.05, 0.1) is 24.1 Å². The quantitative estimate of drug-likeness (QED) is 0.505. The molecule has 20 heavy (non-hydrogen) atoms. The van der Waals surface area contributed by atoms with E-state index in [9.17, 15) is 8.42 Å². The van der Waals surface area contributed by atoms with Crippen molar-refractivity contribution in [3.8, 4) is 0 Å². The van der Waals surface area contributed by atoms with Crippen LogP contribution in [0.15, 0.2) is 0 Å². The first-order valence-corrected chi connectivity index (χ1v) is 8.75. The minimum atomic E-state index is -3.31. The highest BCUT2D eigenvalue weighted by molar-refractivity contribution is 7.85. The van der Waals surface area contributed by atoms with Crippen LogP contribution in [0.5, 0.6) is 0 Å². The van der Waals surface area contributed by atoms with Gasteiger partial charge in [0.1, 0.15) is 0 Å². The second-order valence-corrected chi connectivity index (χ2v) is 7.66. The summed E-state index contributed by atoms with van der Waals surface area (Å²) in [6.45, 7) is 7.96. The van der Waals surface area contributed by atoms with Gasteiger partial charge in [-0.15, -0.1) is 11.6 Å². The summed E-state index contributed by atoms with van der Waals surface area (Å²) in [4.78, 5) is 0. The maximum absolute atomic E-state index is 10.5. The lowest BCUT2D eigenvalue weighted by molar-refractivity contribution is 0.00617. The largest absolute Gasteiger partial charge is 0.379 e. The van der Waals surface area contributed by atoms with Gasteiger partial charge in [0.15, 0.2) is 0 Å². The Labute approximate surface area is 129 Å². The van der Waals surface area contributed by atoms with Crippen LogP contribution in [0, 0.1) is 0 Å². The van der Waals surface area contributed by atoms with Crippen LogP contribution in [0.25, 0.3) is 0 Å². The fraction of sp³-hybridized carbons (Fsp3) is 1.00. The van der Waals surface area contributed by atoms with E-state index in [0.717, 1.165) is 12.7 Å². The fourth-order valence-corrected chi connectivity index (χ4v) is 1.71. The molecule has 0 aliphatic rings. The summed E-state index contributed by atoms with van der Waals surface area (Å²) in [6.07, 6.45) is 2.49. The molecule has 7 heteroatoms. The van der Waals surface area contributed by atoms with E-state index in [4.69, 9.17) is 21.1 Å². The van der Waals surface area contributed by atoms with Crippen molar-refractivity contribution in [3.05, 3.63) is 0 Å². The fourth-order valence-electron chi connectivity index (χ4n) is 0.871. The van der Waals surface area contributed by atoms with Gasteiger partial charge in [0.2, 0.25) is 0 Å². The van der Waals surface area contributed by atoms with Crippen molar-refractivity contribution in [1.82, 2.24) is 0 Å². The maximum atomic E-state index is 10.5. The Morgan fingerprint density at radius 1 is 0.950 bits per heavy atom. The minimum Gasteiger partial charge on any atom is -0.379 e. The lowest BCUT2D eigenvalue weighted by atomic mass is 10.1. The Bertz CT molecular complexity index is 339. The predicted molar refractivity (Wildman–Crippen MR) is 82.9 cm³/mol. The van der Waals surface area contributed by atoms with E-state index in [1.165, 1.54) is 0 Å². The van der Waals surface area contributed by atoms with Gasteiger partial charge in [-0.25, -0.2) is 0 Å². The molecule has 124 valence electrons. The zero-order valence-electron chi connectivity index (χ0n) is 13.7. The Morgan fingerprint density at radius 3 is 1.60 bits per heavy atom. The Morgan fingerprint density at radius 2 is 1.35 bits per heavy atom. The van der Waals surface area contributed by atoms with Crippen LogP contribution in [-0.4, -0.2) is 52.6 Å². The van der Waals surface area contributed by atoms with Crippen molar-refractivity contribution in [2.24, 2.45) is 0 Å². The van der Waals surface area contributed by atoms with E-state index in [0.29, 0.717) is 12.3 Å². The third kappa shape index (κ3) is 16.2. The lowest BCUT2D eigenvalue weighted by Crippen LogP contribution is -2.25.